The second-order valence-electron chi connectivity index (χ2n) is 5.14. The number of hydrogen-bond donors (Lipinski definition) is 1. The Hall–Kier alpha value is -1.33. The lowest BCUT2D eigenvalue weighted by molar-refractivity contribution is 0.459. The van der Waals surface area contributed by atoms with Gasteiger partial charge in [0, 0.05) is 11.4 Å². The largest absolute Gasteiger partial charge is 0.464 e. The molecule has 0 radical (unpaired) electrons. The maximum absolute atomic E-state index is 5.80. The summed E-state index contributed by atoms with van der Waals surface area (Å²) >= 11 is 1.62. The van der Waals surface area contributed by atoms with Crippen molar-refractivity contribution in [3.05, 3.63) is 40.6 Å². The van der Waals surface area contributed by atoms with E-state index in [-0.39, 0.29) is 0 Å². The maximum atomic E-state index is 5.80. The Balaban J connectivity index is 1.91. The molecule has 2 aromatic heterocycles. The Morgan fingerprint density at radius 3 is 2.43 bits per heavy atom. The normalized spacial score (nSPS) is 11.0. The number of rotatable bonds is 7. The van der Waals surface area contributed by atoms with Crippen molar-refractivity contribution in [1.82, 2.24) is 15.3 Å². The van der Waals surface area contributed by atoms with E-state index in [4.69, 9.17) is 4.42 Å². The van der Waals surface area contributed by atoms with Gasteiger partial charge in [-0.05, 0) is 51.4 Å². The Kier molecular flexibility index (Phi) is 5.82. The molecule has 21 heavy (non-hydrogen) atoms. The van der Waals surface area contributed by atoms with Gasteiger partial charge < -0.3 is 9.73 Å². The molecule has 2 aromatic rings. The maximum Gasteiger partial charge on any atom is 0.188 e. The molecule has 0 saturated carbocycles. The molecule has 0 bridgehead atoms. The standard InChI is InChI=1S/C16H23N3OS/c1-5-8-17-9-14-6-7-15(20-14)10-21-16-18-12(3)11(2)13(4)19-16/h6-7,17H,5,8-10H2,1-4H3. The quantitative estimate of drug-likeness (QED) is 0.479. The topological polar surface area (TPSA) is 51.0 Å². The van der Waals surface area contributed by atoms with Crippen molar-refractivity contribution >= 4 is 11.8 Å². The third-order valence-electron chi connectivity index (χ3n) is 3.40. The minimum Gasteiger partial charge on any atom is -0.464 e. The van der Waals surface area contributed by atoms with Gasteiger partial charge in [0.2, 0.25) is 0 Å². The lowest BCUT2D eigenvalue weighted by Gasteiger charge is -2.06. The molecule has 5 heteroatoms. The summed E-state index contributed by atoms with van der Waals surface area (Å²) in [6.07, 6.45) is 1.13. The molecule has 0 aromatic carbocycles. The van der Waals surface area contributed by atoms with Crippen molar-refractivity contribution in [3.63, 3.8) is 0 Å². The number of aromatic nitrogens is 2. The Morgan fingerprint density at radius 2 is 1.76 bits per heavy atom. The molecule has 0 unspecified atom stereocenters. The van der Waals surface area contributed by atoms with Gasteiger partial charge in [-0.1, -0.05) is 18.7 Å². The zero-order chi connectivity index (χ0) is 15.2. The van der Waals surface area contributed by atoms with Crippen LogP contribution in [0.2, 0.25) is 0 Å². The summed E-state index contributed by atoms with van der Waals surface area (Å²) in [5.41, 5.74) is 3.27. The highest BCUT2D eigenvalue weighted by molar-refractivity contribution is 7.98. The summed E-state index contributed by atoms with van der Waals surface area (Å²) in [5.74, 6) is 2.71. The van der Waals surface area contributed by atoms with E-state index in [1.54, 1.807) is 11.8 Å². The van der Waals surface area contributed by atoms with Crippen LogP contribution >= 0.6 is 11.8 Å². The van der Waals surface area contributed by atoms with Gasteiger partial charge in [-0.3, -0.25) is 0 Å². The fourth-order valence-corrected chi connectivity index (χ4v) is 2.75. The molecule has 1 N–H and O–H groups in total. The smallest absolute Gasteiger partial charge is 0.188 e. The lowest BCUT2D eigenvalue weighted by Crippen LogP contribution is -2.12. The van der Waals surface area contributed by atoms with Gasteiger partial charge in [-0.2, -0.15) is 0 Å². The number of thioether (sulfide) groups is 1. The Morgan fingerprint density at radius 1 is 1.10 bits per heavy atom. The molecule has 2 heterocycles. The van der Waals surface area contributed by atoms with Gasteiger partial charge in [0.1, 0.15) is 11.5 Å². The fourth-order valence-electron chi connectivity index (χ4n) is 1.92. The second-order valence-corrected chi connectivity index (χ2v) is 6.08. The molecule has 0 atom stereocenters. The summed E-state index contributed by atoms with van der Waals surface area (Å²) in [5, 5.41) is 4.15. The van der Waals surface area contributed by atoms with Crippen molar-refractivity contribution in [1.29, 1.82) is 0 Å². The second kappa shape index (κ2) is 7.61. The van der Waals surface area contributed by atoms with Crippen LogP contribution in [-0.4, -0.2) is 16.5 Å². The minimum atomic E-state index is 0.760. The van der Waals surface area contributed by atoms with Crippen LogP contribution in [0, 0.1) is 20.8 Å². The van der Waals surface area contributed by atoms with Crippen LogP contribution in [0.15, 0.2) is 21.7 Å². The first-order valence-corrected chi connectivity index (χ1v) is 8.31. The first-order chi connectivity index (χ1) is 10.1. The molecule has 0 fully saturated rings. The van der Waals surface area contributed by atoms with Crippen LogP contribution in [0.25, 0.3) is 0 Å². The van der Waals surface area contributed by atoms with E-state index in [2.05, 4.69) is 29.1 Å². The Bertz CT molecular complexity index is 572. The van der Waals surface area contributed by atoms with E-state index >= 15 is 0 Å². The molecule has 114 valence electrons. The highest BCUT2D eigenvalue weighted by Crippen LogP contribution is 2.22. The van der Waals surface area contributed by atoms with Gasteiger partial charge in [-0.15, -0.1) is 0 Å². The van der Waals surface area contributed by atoms with E-state index < -0.39 is 0 Å². The predicted octanol–water partition coefficient (Wildman–Crippen LogP) is 3.79. The van der Waals surface area contributed by atoms with Crippen LogP contribution in [-0.2, 0) is 12.3 Å². The number of furan rings is 1. The zero-order valence-corrected chi connectivity index (χ0v) is 14.0. The zero-order valence-electron chi connectivity index (χ0n) is 13.2. The monoisotopic (exact) mass is 305 g/mol. The van der Waals surface area contributed by atoms with E-state index in [0.717, 1.165) is 53.3 Å². The summed E-state index contributed by atoms with van der Waals surface area (Å²) in [6, 6.07) is 4.06. The highest BCUT2D eigenvalue weighted by Gasteiger charge is 2.07. The minimum absolute atomic E-state index is 0.760. The summed E-state index contributed by atoms with van der Waals surface area (Å²) in [4.78, 5) is 9.03. The summed E-state index contributed by atoms with van der Waals surface area (Å²) < 4.78 is 5.80. The third kappa shape index (κ3) is 4.58. The van der Waals surface area contributed by atoms with E-state index in [1.807, 2.05) is 26.0 Å². The number of hydrogen-bond acceptors (Lipinski definition) is 5. The fraction of sp³-hybridized carbons (Fsp3) is 0.500. The van der Waals surface area contributed by atoms with Crippen molar-refractivity contribution < 1.29 is 4.42 Å². The lowest BCUT2D eigenvalue weighted by atomic mass is 10.2. The molecule has 4 nitrogen and oxygen atoms in total. The van der Waals surface area contributed by atoms with Crippen molar-refractivity contribution in [2.75, 3.05) is 6.54 Å². The first-order valence-electron chi connectivity index (χ1n) is 7.33. The van der Waals surface area contributed by atoms with Crippen molar-refractivity contribution in [2.24, 2.45) is 0 Å². The van der Waals surface area contributed by atoms with Crippen LogP contribution in [0.3, 0.4) is 0 Å². The average Bonchev–Trinajstić information content (AvgIpc) is 2.90. The molecule has 2 rings (SSSR count). The van der Waals surface area contributed by atoms with Crippen LogP contribution in [0.4, 0.5) is 0 Å². The summed E-state index contributed by atoms with van der Waals surface area (Å²) in [7, 11) is 0. The average molecular weight is 305 g/mol. The number of nitrogens with one attached hydrogen (secondary N) is 1. The molecule has 0 saturated heterocycles. The molecular weight excluding hydrogens is 282 g/mol. The third-order valence-corrected chi connectivity index (χ3v) is 4.27. The van der Waals surface area contributed by atoms with E-state index in [1.165, 1.54) is 5.56 Å². The van der Waals surface area contributed by atoms with Crippen LogP contribution in [0.1, 0.15) is 41.8 Å². The molecule has 0 aliphatic heterocycles. The SMILES string of the molecule is CCCNCc1ccc(CSc2nc(C)c(C)c(C)n2)o1. The molecular formula is C16H23N3OS. The van der Waals surface area contributed by atoms with Crippen molar-refractivity contribution in [3.8, 4) is 0 Å². The van der Waals surface area contributed by atoms with Crippen molar-refractivity contribution in [2.45, 2.75) is 51.6 Å². The molecule has 0 aliphatic rings. The molecule has 0 amide bonds. The van der Waals surface area contributed by atoms with Gasteiger partial charge in [0.05, 0.1) is 12.3 Å². The van der Waals surface area contributed by atoms with Gasteiger partial charge in [-0.25, -0.2) is 9.97 Å². The summed E-state index contributed by atoms with van der Waals surface area (Å²) in [6.45, 7) is 10.1. The van der Waals surface area contributed by atoms with E-state index in [9.17, 15) is 0 Å². The van der Waals surface area contributed by atoms with Gasteiger partial charge >= 0.3 is 0 Å². The van der Waals surface area contributed by atoms with Gasteiger partial charge in [0.25, 0.3) is 0 Å². The van der Waals surface area contributed by atoms with Gasteiger partial charge in [0.15, 0.2) is 5.16 Å². The number of aryl methyl sites for hydroxylation is 2. The first kappa shape index (κ1) is 16.0. The van der Waals surface area contributed by atoms with E-state index in [0.29, 0.717) is 0 Å². The predicted molar refractivity (Wildman–Crippen MR) is 86.5 cm³/mol. The number of nitrogens with zero attached hydrogens (tertiary/aromatic N) is 2. The van der Waals surface area contributed by atoms with Crippen LogP contribution < -0.4 is 5.32 Å². The molecule has 0 aliphatic carbocycles. The molecule has 0 spiro atoms. The highest BCUT2D eigenvalue weighted by atomic mass is 32.2. The van der Waals surface area contributed by atoms with Crippen LogP contribution in [0.5, 0.6) is 0 Å². The Labute approximate surface area is 130 Å².